The van der Waals surface area contributed by atoms with Crippen molar-refractivity contribution < 1.29 is 26.6 Å². The van der Waals surface area contributed by atoms with E-state index in [1.165, 1.54) is 36.4 Å². The second-order valence-electron chi connectivity index (χ2n) is 6.18. The van der Waals surface area contributed by atoms with E-state index in [0.717, 1.165) is 12.1 Å². The molecule has 0 unspecified atom stereocenters. The smallest absolute Gasteiger partial charge is 0.295 e. The minimum atomic E-state index is -4.71. The van der Waals surface area contributed by atoms with Gasteiger partial charge in [0, 0.05) is 27.7 Å². The van der Waals surface area contributed by atoms with E-state index in [9.17, 15) is 26.6 Å². The largest absolute Gasteiger partial charge is 0.299 e. The van der Waals surface area contributed by atoms with Crippen LogP contribution in [-0.4, -0.2) is 37.6 Å². The quantitative estimate of drug-likeness (QED) is 0.129. The zero-order valence-corrected chi connectivity index (χ0v) is 18.1. The maximum atomic E-state index is 12.8. The molecule has 0 atom stereocenters. The number of benzene rings is 2. The first kappa shape index (κ1) is 24.8. The second-order valence-corrected chi connectivity index (χ2v) is 9.38. The van der Waals surface area contributed by atoms with E-state index >= 15 is 0 Å². The van der Waals surface area contributed by atoms with Crippen molar-refractivity contribution in [3.8, 4) is 0 Å². The Kier molecular flexibility index (Phi) is 7.97. The second kappa shape index (κ2) is 10.3. The fraction of sp³-hybridized carbons (Fsp3) is 0.176. The molecule has 0 aromatic heterocycles. The van der Waals surface area contributed by atoms with Gasteiger partial charge >= 0.3 is 0 Å². The zero-order chi connectivity index (χ0) is 23.9. The Balaban J connectivity index is 2.67. The highest BCUT2D eigenvalue weighted by Gasteiger charge is 2.25. The van der Waals surface area contributed by atoms with E-state index in [2.05, 4.69) is 20.1 Å². The molecule has 2 rings (SSSR count). The third kappa shape index (κ3) is 5.84. The van der Waals surface area contributed by atoms with Crippen LogP contribution >= 0.6 is 0 Å². The number of hydrogen-bond acceptors (Lipinski definition) is 7. The van der Waals surface area contributed by atoms with E-state index in [1.54, 1.807) is 6.92 Å². The van der Waals surface area contributed by atoms with E-state index in [-0.39, 0.29) is 33.5 Å². The van der Waals surface area contributed by atoms with E-state index in [4.69, 9.17) is 11.1 Å². The lowest BCUT2D eigenvalue weighted by Crippen LogP contribution is -2.28. The molecule has 13 nitrogen and oxygen atoms in total. The molecule has 0 saturated carbocycles. The number of hydrogen-bond donors (Lipinski definition) is 2. The normalized spacial score (nSPS) is 11.9. The number of rotatable bonds is 9. The molecule has 0 heterocycles. The van der Waals surface area contributed by atoms with Gasteiger partial charge < -0.3 is 0 Å². The molecule has 0 aliphatic heterocycles. The Hall–Kier alpha value is -3.42. The van der Waals surface area contributed by atoms with Crippen molar-refractivity contribution >= 4 is 43.7 Å². The van der Waals surface area contributed by atoms with E-state index < -0.39 is 29.9 Å². The third-order valence-corrected chi connectivity index (χ3v) is 6.56. The zero-order valence-electron chi connectivity index (χ0n) is 16.5. The summed E-state index contributed by atoms with van der Waals surface area (Å²) in [5.74, 6) is 0. The Bertz CT molecular complexity index is 1360. The van der Waals surface area contributed by atoms with Crippen LogP contribution in [0.5, 0.6) is 0 Å². The number of nitrogens with zero attached hydrogens (tertiary/aromatic N) is 7. The van der Waals surface area contributed by atoms with Gasteiger partial charge in [-0.1, -0.05) is 58.0 Å². The van der Waals surface area contributed by atoms with Crippen LogP contribution in [-0.2, 0) is 20.1 Å². The molecule has 0 radical (unpaired) electrons. The molecule has 0 spiro atoms. The molecule has 0 aliphatic carbocycles. The van der Waals surface area contributed by atoms with Crippen LogP contribution in [0, 0.1) is 0 Å². The summed E-state index contributed by atoms with van der Waals surface area (Å²) >= 11 is 0. The lowest BCUT2D eigenvalue weighted by molar-refractivity contribution is 0.00350. The summed E-state index contributed by atoms with van der Waals surface area (Å²) in [5, 5.41) is 16.6. The minimum Gasteiger partial charge on any atom is -0.299 e. The highest BCUT2D eigenvalue weighted by molar-refractivity contribution is 7.89. The molecule has 168 valence electrons. The fourth-order valence-corrected chi connectivity index (χ4v) is 4.66. The van der Waals surface area contributed by atoms with Crippen molar-refractivity contribution in [1.29, 1.82) is 0 Å². The molecule has 0 saturated heterocycles. The summed E-state index contributed by atoms with van der Waals surface area (Å²) < 4.78 is 58.7. The molecule has 0 amide bonds. The van der Waals surface area contributed by atoms with Gasteiger partial charge in [0.1, 0.15) is 4.90 Å². The summed E-state index contributed by atoms with van der Waals surface area (Å²) in [4.78, 5) is 4.19. The molecular weight excluding hydrogens is 462 g/mol. The average molecular weight is 480 g/mol. The van der Waals surface area contributed by atoms with Gasteiger partial charge in [0.2, 0.25) is 0 Å². The number of hydroxylamine groups is 1. The van der Waals surface area contributed by atoms with Crippen molar-refractivity contribution in [2.24, 2.45) is 10.2 Å². The molecular formula is C17H17N7O6S2. The van der Waals surface area contributed by atoms with Crippen molar-refractivity contribution in [3.05, 3.63) is 68.4 Å². The highest BCUT2D eigenvalue weighted by atomic mass is 32.2. The summed E-state index contributed by atoms with van der Waals surface area (Å²) in [6.07, 6.45) is 2.78. The maximum absolute atomic E-state index is 12.8. The lowest BCUT2D eigenvalue weighted by Gasteiger charge is -2.16. The Morgan fingerprint density at radius 2 is 1.41 bits per heavy atom. The summed E-state index contributed by atoms with van der Waals surface area (Å²) in [6, 6.07) is 7.19. The Morgan fingerprint density at radius 1 is 0.938 bits per heavy atom. The molecule has 0 bridgehead atoms. The standard InChI is InChI=1S/C17H17N7O6S2/c1-2-9-24(25)31(26,27)16-10-14(20-22-18)7-5-12(16)3-4-13-6-8-15(21-23-19)11-17(13)32(28,29)30/h3-8,10-11,25H,2,9H2,1H3,(H,28,29,30). The van der Waals surface area contributed by atoms with Crippen LogP contribution < -0.4 is 0 Å². The molecule has 0 fully saturated rings. The van der Waals surface area contributed by atoms with Crippen LogP contribution in [0.4, 0.5) is 11.4 Å². The van der Waals surface area contributed by atoms with Gasteiger partial charge in [-0.3, -0.25) is 9.76 Å². The van der Waals surface area contributed by atoms with Crippen LogP contribution in [0.3, 0.4) is 0 Å². The third-order valence-electron chi connectivity index (χ3n) is 4.01. The van der Waals surface area contributed by atoms with Crippen LogP contribution in [0.2, 0.25) is 0 Å². The predicted octanol–water partition coefficient (Wildman–Crippen LogP) is 4.78. The van der Waals surface area contributed by atoms with Crippen molar-refractivity contribution in [1.82, 2.24) is 4.47 Å². The van der Waals surface area contributed by atoms with Gasteiger partial charge in [0.05, 0.1) is 4.90 Å². The minimum absolute atomic E-state index is 0.0227. The van der Waals surface area contributed by atoms with Gasteiger partial charge in [-0.15, -0.1) is 0 Å². The molecule has 2 aromatic rings. The molecule has 2 N–H and O–H groups in total. The first-order valence-electron chi connectivity index (χ1n) is 8.80. The SMILES string of the molecule is CCCN(O)S(=O)(=O)c1cc(N=[N+]=[N-])ccc1C=Cc1ccc(N=[N+]=[N-])cc1S(=O)(=O)O. The predicted molar refractivity (Wildman–Crippen MR) is 115 cm³/mol. The monoisotopic (exact) mass is 479 g/mol. The Labute approximate surface area is 183 Å². The number of azide groups is 2. The topological polar surface area (TPSA) is 209 Å². The van der Waals surface area contributed by atoms with Crippen molar-refractivity contribution in [2.45, 2.75) is 23.1 Å². The van der Waals surface area contributed by atoms with Gasteiger partial charge in [0.25, 0.3) is 20.1 Å². The molecule has 0 aliphatic rings. The van der Waals surface area contributed by atoms with Crippen LogP contribution in [0.1, 0.15) is 24.5 Å². The van der Waals surface area contributed by atoms with Gasteiger partial charge in [-0.25, -0.2) is 8.42 Å². The molecule has 15 heteroatoms. The van der Waals surface area contributed by atoms with Crippen molar-refractivity contribution in [3.63, 3.8) is 0 Å². The van der Waals surface area contributed by atoms with E-state index in [0.29, 0.717) is 6.42 Å². The summed E-state index contributed by atoms with van der Waals surface area (Å²) in [7, 11) is -9.11. The number of sulfonamides is 1. The fourth-order valence-electron chi connectivity index (χ4n) is 2.60. The lowest BCUT2D eigenvalue weighted by atomic mass is 10.1. The van der Waals surface area contributed by atoms with Gasteiger partial charge in [0.15, 0.2) is 0 Å². The molecule has 32 heavy (non-hydrogen) atoms. The Morgan fingerprint density at radius 3 is 1.84 bits per heavy atom. The first-order valence-corrected chi connectivity index (χ1v) is 11.7. The van der Waals surface area contributed by atoms with Crippen LogP contribution in [0.15, 0.2) is 56.4 Å². The van der Waals surface area contributed by atoms with Crippen LogP contribution in [0.25, 0.3) is 33.0 Å². The molecule has 2 aromatic carbocycles. The van der Waals surface area contributed by atoms with E-state index in [1.807, 2.05) is 0 Å². The summed E-state index contributed by atoms with van der Waals surface area (Å²) in [6.45, 7) is 1.47. The van der Waals surface area contributed by atoms with Gasteiger partial charge in [-0.2, -0.15) is 8.42 Å². The maximum Gasteiger partial charge on any atom is 0.295 e. The van der Waals surface area contributed by atoms with Gasteiger partial charge in [-0.05, 0) is 40.7 Å². The summed E-state index contributed by atoms with van der Waals surface area (Å²) in [5.41, 5.74) is 17.1. The first-order chi connectivity index (χ1) is 15.0. The van der Waals surface area contributed by atoms with Crippen molar-refractivity contribution in [2.75, 3.05) is 6.54 Å². The average Bonchev–Trinajstić information content (AvgIpc) is 2.73. The highest BCUT2D eigenvalue weighted by Crippen LogP contribution is 2.29.